The summed E-state index contributed by atoms with van der Waals surface area (Å²) in [5, 5.41) is 0. The topological polar surface area (TPSA) is 24.9 Å². The molecule has 308 valence electrons. The van der Waals surface area contributed by atoms with Gasteiger partial charge in [-0.1, -0.05) is 109 Å². The van der Waals surface area contributed by atoms with Gasteiger partial charge in [0.25, 0.3) is 0 Å². The third kappa shape index (κ3) is 4.26. The lowest BCUT2D eigenvalue weighted by molar-refractivity contribution is -0.955. The van der Waals surface area contributed by atoms with Crippen LogP contribution >= 0.6 is 0 Å². The molecule has 14 atom stereocenters. The van der Waals surface area contributed by atoms with E-state index in [-0.39, 0.29) is 57.2 Å². The predicted molar refractivity (Wildman–Crippen MR) is 225 cm³/mol. The maximum atomic E-state index is 7.66. The number of para-hydroxylation sites is 2. The van der Waals surface area contributed by atoms with Crippen molar-refractivity contribution in [1.29, 1.82) is 0 Å². The maximum absolute atomic E-state index is 7.66. The van der Waals surface area contributed by atoms with Gasteiger partial charge in [0, 0.05) is 71.9 Å². The first-order chi connectivity index (χ1) is 28.6. The minimum absolute atomic E-state index is 0. The van der Waals surface area contributed by atoms with Gasteiger partial charge in [0.05, 0.1) is 49.2 Å². The highest BCUT2D eigenvalue weighted by atomic mass is 79.9. The molecule has 4 bridgehead atoms. The monoisotopic (exact) mass is 924 g/mol. The molecule has 11 aliphatic rings. The zero-order valence-corrected chi connectivity index (χ0v) is 37.3. The van der Waals surface area contributed by atoms with Crippen molar-refractivity contribution in [2.24, 2.45) is 23.7 Å². The van der Waals surface area contributed by atoms with E-state index in [4.69, 9.17) is 9.47 Å². The van der Waals surface area contributed by atoms with Crippen molar-refractivity contribution in [3.63, 3.8) is 0 Å². The molecule has 6 nitrogen and oxygen atoms in total. The molecular formula is C52H54Br2N4O2. The van der Waals surface area contributed by atoms with E-state index in [1.54, 1.807) is 22.3 Å². The molecule has 7 fully saturated rings. The molecule has 8 heteroatoms. The Morgan fingerprint density at radius 1 is 0.533 bits per heavy atom. The van der Waals surface area contributed by atoms with Crippen LogP contribution < -0.4 is 43.8 Å². The van der Waals surface area contributed by atoms with Crippen molar-refractivity contribution in [1.82, 2.24) is 0 Å². The highest BCUT2D eigenvalue weighted by Crippen LogP contribution is 2.73. The van der Waals surface area contributed by atoms with E-state index in [2.05, 4.69) is 131 Å². The van der Waals surface area contributed by atoms with E-state index < -0.39 is 0 Å². The predicted octanol–water partition coefficient (Wildman–Crippen LogP) is 1.70. The van der Waals surface area contributed by atoms with Gasteiger partial charge in [-0.25, -0.2) is 0 Å². The van der Waals surface area contributed by atoms with Gasteiger partial charge >= 0.3 is 0 Å². The Bertz CT molecular complexity index is 2310. The van der Waals surface area contributed by atoms with Gasteiger partial charge in [0.15, 0.2) is 0 Å². The summed E-state index contributed by atoms with van der Waals surface area (Å²) in [6.07, 6.45) is 10.2. The Kier molecular flexibility index (Phi) is 7.90. The number of ether oxygens (including phenoxy) is 2. The average molecular weight is 927 g/mol. The molecule has 0 amide bonds. The summed E-state index contributed by atoms with van der Waals surface area (Å²) in [5.41, 5.74) is 12.7. The van der Waals surface area contributed by atoms with Crippen LogP contribution in [0.3, 0.4) is 0 Å². The minimum atomic E-state index is 0. The van der Waals surface area contributed by atoms with Gasteiger partial charge in [0.2, 0.25) is 0 Å². The summed E-state index contributed by atoms with van der Waals surface area (Å²) in [7, 11) is 0. The molecule has 60 heavy (non-hydrogen) atoms. The quantitative estimate of drug-likeness (QED) is 0.230. The number of piperidine rings is 2. The molecule has 2 aliphatic carbocycles. The summed E-state index contributed by atoms with van der Waals surface area (Å²) < 4.78 is 17.7. The molecule has 4 aromatic rings. The first-order valence-corrected chi connectivity index (χ1v) is 22.8. The zero-order valence-electron chi connectivity index (χ0n) is 34.2. The van der Waals surface area contributed by atoms with Crippen LogP contribution in [0.5, 0.6) is 0 Å². The molecule has 2 saturated carbocycles. The van der Waals surface area contributed by atoms with Crippen LogP contribution in [0.4, 0.5) is 11.4 Å². The summed E-state index contributed by atoms with van der Waals surface area (Å²) in [4.78, 5) is 6.02. The largest absolute Gasteiger partial charge is 1.00 e. The van der Waals surface area contributed by atoms with Crippen molar-refractivity contribution >= 4 is 11.4 Å². The lowest BCUT2D eigenvalue weighted by Gasteiger charge is -2.65. The third-order valence-corrected chi connectivity index (χ3v) is 19.1. The number of fused-ring (bicyclic) bond motifs is 6. The van der Waals surface area contributed by atoms with E-state index in [1.165, 1.54) is 70.2 Å². The van der Waals surface area contributed by atoms with Crippen LogP contribution in [0.25, 0.3) is 0 Å². The highest BCUT2D eigenvalue weighted by molar-refractivity contribution is 5.72. The standard InChI is InChI=1S/C52H54N4O2.2BrH/c1-3-11-33(12-4-1)29-55-23-21-51-39-15-7-9-17-41(39)53-47(51)45-37(27-43(51)55)35(31-55)19-25-57-49(45)54-42-18-10-8-16-40(42)52-22-24-56(30-34-13-5-2-6-14-34)32-36-20-26-58-50(53)46(48(52)54)38(36)28-44(52)56;;/h1-20,37-38,43-50H,21-32H2;2*1H/q+2;;/p-2/t37-,38-,43-,44-,45+,46+,47-,48-,49+,50+,51+,52+,55?,56?;;/m0../s1. The van der Waals surface area contributed by atoms with E-state index in [0.29, 0.717) is 61.1 Å². The Labute approximate surface area is 375 Å². The zero-order chi connectivity index (χ0) is 37.6. The number of hydrogen-bond donors (Lipinski definition) is 0. The number of hydrogen-bond acceptors (Lipinski definition) is 4. The molecule has 2 unspecified atom stereocenters. The number of halogens is 2. The molecule has 2 spiro atoms. The lowest BCUT2D eigenvalue weighted by atomic mass is 9.52. The Morgan fingerprint density at radius 2 is 0.950 bits per heavy atom. The van der Waals surface area contributed by atoms with Gasteiger partial charge in [-0.3, -0.25) is 0 Å². The first kappa shape index (κ1) is 37.3. The van der Waals surface area contributed by atoms with Crippen LogP contribution in [0, 0.1) is 23.7 Å². The summed E-state index contributed by atoms with van der Waals surface area (Å²) in [5.74, 6) is 1.72. The molecule has 0 aromatic heterocycles. The van der Waals surface area contributed by atoms with E-state index >= 15 is 0 Å². The van der Waals surface area contributed by atoms with Gasteiger partial charge in [-0.15, -0.1) is 0 Å². The average Bonchev–Trinajstić information content (AvgIpc) is 3.87. The molecule has 5 saturated heterocycles. The van der Waals surface area contributed by atoms with Crippen LogP contribution in [-0.4, -0.2) is 85.0 Å². The molecule has 0 radical (unpaired) electrons. The minimum Gasteiger partial charge on any atom is -1.00 e. The van der Waals surface area contributed by atoms with Gasteiger partial charge in [-0.2, -0.15) is 0 Å². The Hall–Kier alpha value is -3.24. The van der Waals surface area contributed by atoms with E-state index in [1.807, 2.05) is 0 Å². The molecular weight excluding hydrogens is 872 g/mol. The van der Waals surface area contributed by atoms with Gasteiger partial charge in [-0.05, 0) is 34.4 Å². The Balaban J connectivity index is 0.00000185. The summed E-state index contributed by atoms with van der Waals surface area (Å²) in [6, 6.07) is 44.4. The fourth-order valence-corrected chi connectivity index (χ4v) is 17.7. The van der Waals surface area contributed by atoms with Crippen molar-refractivity contribution in [3.05, 3.63) is 155 Å². The Morgan fingerprint density at radius 3 is 1.40 bits per heavy atom. The first-order valence-electron chi connectivity index (χ1n) is 22.8. The van der Waals surface area contributed by atoms with Crippen LogP contribution in [0.2, 0.25) is 0 Å². The van der Waals surface area contributed by atoms with Crippen molar-refractivity contribution in [3.8, 4) is 0 Å². The molecule has 15 rings (SSSR count). The van der Waals surface area contributed by atoms with E-state index in [0.717, 1.165) is 26.2 Å². The molecule has 4 aromatic carbocycles. The maximum Gasteiger partial charge on any atom is 0.136 e. The summed E-state index contributed by atoms with van der Waals surface area (Å²) >= 11 is 0. The number of quaternary nitrogens is 2. The van der Waals surface area contributed by atoms with Gasteiger partial charge in [0.1, 0.15) is 50.7 Å². The molecule has 9 aliphatic heterocycles. The van der Waals surface area contributed by atoms with Crippen molar-refractivity contribution in [2.45, 2.75) is 86.2 Å². The second-order valence-corrected chi connectivity index (χ2v) is 20.7. The normalized spacial score (nSPS) is 43.1. The fourth-order valence-electron chi connectivity index (χ4n) is 17.7. The van der Waals surface area contributed by atoms with Crippen LogP contribution in [0.15, 0.2) is 132 Å². The fraction of sp³-hybridized carbons (Fsp3) is 0.462. The number of rotatable bonds is 4. The second kappa shape index (κ2) is 12.7. The molecule has 0 N–H and O–H groups in total. The van der Waals surface area contributed by atoms with Crippen molar-refractivity contribution in [2.75, 3.05) is 49.2 Å². The van der Waals surface area contributed by atoms with Crippen LogP contribution in [-0.2, 0) is 33.4 Å². The smallest absolute Gasteiger partial charge is 0.136 e. The number of anilines is 2. The van der Waals surface area contributed by atoms with E-state index in [9.17, 15) is 0 Å². The number of benzene rings is 4. The van der Waals surface area contributed by atoms with Crippen molar-refractivity contribution < 1.29 is 52.4 Å². The lowest BCUT2D eigenvalue weighted by Crippen LogP contribution is -3.00. The highest BCUT2D eigenvalue weighted by Gasteiger charge is 2.81. The van der Waals surface area contributed by atoms with Gasteiger partial charge < -0.3 is 62.2 Å². The molecule has 9 heterocycles. The van der Waals surface area contributed by atoms with Crippen LogP contribution in [0.1, 0.15) is 47.9 Å². The third-order valence-electron chi connectivity index (χ3n) is 19.1. The summed E-state index contributed by atoms with van der Waals surface area (Å²) in [6.45, 7) is 8.47. The second-order valence-electron chi connectivity index (χ2n) is 20.7. The number of nitrogens with zero attached hydrogens (tertiary/aromatic N) is 4. The SMILES string of the molecule is C1=C2C[N+]3(Cc4ccccc4)CC[C@]45c6ccccc6N6[C@@H]7OCC=C8C[N+]9(Cc%10ccccc%10)CC[C@]%10%11c%12ccccc%12N([C@H](OC1)[C@@H]([C@H]64)[C@H]2C[C@@H]53)[C@H]%10[C@H]7[C@H]8C[C@@H]%119.[Br-].[Br-].